The Morgan fingerprint density at radius 2 is 1.27 bits per heavy atom. The van der Waals surface area contributed by atoms with Crippen LogP contribution in [0.3, 0.4) is 0 Å². The van der Waals surface area contributed by atoms with Crippen molar-refractivity contribution in [2.24, 2.45) is 5.14 Å². The van der Waals surface area contributed by atoms with E-state index in [1.165, 1.54) is 6.07 Å². The molecule has 0 radical (unpaired) electrons. The molecule has 4 N–H and O–H groups in total. The molecule has 0 saturated heterocycles. The van der Waals surface area contributed by atoms with Gasteiger partial charge in [-0.2, -0.15) is 4.31 Å². The predicted molar refractivity (Wildman–Crippen MR) is 190 cm³/mol. The third-order valence-electron chi connectivity index (χ3n) is 7.37. The largest absolute Gasteiger partial charge is 0.505 e. The summed E-state index contributed by atoms with van der Waals surface area (Å²) in [5.41, 5.74) is 3.55. The van der Waals surface area contributed by atoms with E-state index in [9.17, 15) is 30.4 Å². The number of halogens is 3. The van der Waals surface area contributed by atoms with Crippen LogP contribution in [0.2, 0.25) is 15.1 Å². The van der Waals surface area contributed by atoms with Crippen molar-refractivity contribution in [2.75, 3.05) is 0 Å². The van der Waals surface area contributed by atoms with Crippen molar-refractivity contribution < 1.29 is 30.4 Å². The summed E-state index contributed by atoms with van der Waals surface area (Å²) in [7, 11) is -12.9. The molecule has 0 aliphatic heterocycles. The van der Waals surface area contributed by atoms with Gasteiger partial charge in [-0.15, -0.1) is 0 Å². The molecule has 0 aliphatic rings. The number of benzene rings is 5. The molecular formula is C33H28Cl3N3O7S3. The lowest BCUT2D eigenvalue weighted by Gasteiger charge is -2.24. The number of rotatable bonds is 12. The standard InChI is InChI=1S/C33H28Cl3N3O7S3/c34-27-16-30(36)33(40)32(17-27)49(45,46)39(20-22-9-11-26(12-10-22)25-7-2-1-3-8-25)21-24-6-4-5-23(15-24)19-38-48(43,44)28-13-14-29(35)31(18-28)47(37,41)42/h1-18,38,40H,19-21H2,(H2,37,41,42). The van der Waals surface area contributed by atoms with E-state index >= 15 is 0 Å². The second-order valence-corrected chi connectivity index (χ2v) is 17.3. The quantitative estimate of drug-likeness (QED) is 0.130. The van der Waals surface area contributed by atoms with Crippen LogP contribution in [0.4, 0.5) is 0 Å². The number of primary sulfonamides is 1. The van der Waals surface area contributed by atoms with E-state index in [0.29, 0.717) is 16.7 Å². The summed E-state index contributed by atoms with van der Waals surface area (Å²) in [4.78, 5) is -1.38. The Kier molecular flexibility index (Phi) is 11.1. The van der Waals surface area contributed by atoms with Crippen LogP contribution in [0, 0.1) is 0 Å². The summed E-state index contributed by atoms with van der Waals surface area (Å²) in [6.07, 6.45) is 0. The minimum atomic E-state index is -4.41. The van der Waals surface area contributed by atoms with Crippen molar-refractivity contribution in [1.82, 2.24) is 9.03 Å². The second-order valence-electron chi connectivity index (χ2n) is 10.9. The number of phenolic OH excluding ortho intramolecular Hbond substituents is 1. The average Bonchev–Trinajstić information content (AvgIpc) is 3.05. The molecule has 5 rings (SSSR count). The zero-order valence-electron chi connectivity index (χ0n) is 25.3. The van der Waals surface area contributed by atoms with Crippen LogP contribution in [0.5, 0.6) is 5.75 Å². The third kappa shape index (κ3) is 8.81. The molecule has 0 aromatic heterocycles. The molecule has 0 atom stereocenters. The monoisotopic (exact) mass is 779 g/mol. The molecule has 0 amide bonds. The second kappa shape index (κ2) is 14.8. The lowest BCUT2D eigenvalue weighted by atomic mass is 10.0. The zero-order chi connectivity index (χ0) is 35.6. The van der Waals surface area contributed by atoms with E-state index in [-0.39, 0.29) is 39.6 Å². The van der Waals surface area contributed by atoms with Gasteiger partial charge in [0.1, 0.15) is 9.79 Å². The highest BCUT2D eigenvalue weighted by Crippen LogP contribution is 2.37. The molecule has 0 bridgehead atoms. The van der Waals surface area contributed by atoms with Crippen LogP contribution in [-0.4, -0.2) is 34.7 Å². The number of nitrogens with one attached hydrogen (secondary N) is 1. The first-order chi connectivity index (χ1) is 23.0. The van der Waals surface area contributed by atoms with Crippen LogP contribution < -0.4 is 9.86 Å². The highest BCUT2D eigenvalue weighted by atomic mass is 35.5. The molecule has 0 aliphatic carbocycles. The zero-order valence-corrected chi connectivity index (χ0v) is 30.0. The minimum Gasteiger partial charge on any atom is -0.505 e. The molecular weight excluding hydrogens is 753 g/mol. The number of nitrogens with zero attached hydrogens (tertiary/aromatic N) is 1. The van der Waals surface area contributed by atoms with E-state index in [0.717, 1.165) is 39.7 Å². The smallest absolute Gasteiger partial charge is 0.247 e. The molecule has 5 aromatic rings. The number of sulfonamides is 3. The molecule has 49 heavy (non-hydrogen) atoms. The van der Waals surface area contributed by atoms with Gasteiger partial charge < -0.3 is 5.11 Å². The predicted octanol–water partition coefficient (Wildman–Crippen LogP) is 6.54. The van der Waals surface area contributed by atoms with Gasteiger partial charge in [0, 0.05) is 24.7 Å². The molecule has 0 heterocycles. The van der Waals surface area contributed by atoms with Crippen LogP contribution in [0.15, 0.2) is 124 Å². The normalized spacial score (nSPS) is 12.3. The van der Waals surface area contributed by atoms with Crippen molar-refractivity contribution in [3.63, 3.8) is 0 Å². The van der Waals surface area contributed by atoms with Gasteiger partial charge >= 0.3 is 0 Å². The summed E-state index contributed by atoms with van der Waals surface area (Å²) < 4.78 is 81.4. The molecule has 5 aromatic carbocycles. The minimum absolute atomic E-state index is 0.0136. The third-order valence-corrected chi connectivity index (χ3v) is 12.5. The van der Waals surface area contributed by atoms with E-state index in [1.807, 2.05) is 42.5 Å². The Hall–Kier alpha value is -3.50. The van der Waals surface area contributed by atoms with Gasteiger partial charge in [0.05, 0.1) is 14.9 Å². The van der Waals surface area contributed by atoms with Crippen molar-refractivity contribution in [3.05, 3.63) is 141 Å². The number of aromatic hydroxyl groups is 1. The number of phenols is 1. The van der Waals surface area contributed by atoms with Crippen molar-refractivity contribution >= 4 is 64.9 Å². The summed E-state index contributed by atoms with van der Waals surface area (Å²) in [5.74, 6) is -0.647. The number of nitrogens with two attached hydrogens (primary N) is 1. The Morgan fingerprint density at radius 1 is 0.633 bits per heavy atom. The topological polar surface area (TPSA) is 164 Å². The molecule has 10 nitrogen and oxygen atoms in total. The number of hydrogen-bond acceptors (Lipinski definition) is 7. The SMILES string of the molecule is NS(=O)(=O)c1cc(S(=O)(=O)NCc2cccc(CN(Cc3ccc(-c4ccccc4)cc3)S(=O)(=O)c3cc(Cl)cc(Cl)c3O)c2)ccc1Cl. The maximum Gasteiger partial charge on any atom is 0.247 e. The van der Waals surface area contributed by atoms with E-state index in [2.05, 4.69) is 4.72 Å². The van der Waals surface area contributed by atoms with Crippen molar-refractivity contribution in [3.8, 4) is 16.9 Å². The van der Waals surface area contributed by atoms with Gasteiger partial charge in [-0.05, 0) is 58.1 Å². The first-order valence-electron chi connectivity index (χ1n) is 14.3. The maximum absolute atomic E-state index is 14.1. The summed E-state index contributed by atoms with van der Waals surface area (Å²) in [6, 6.07) is 29.1. The average molecular weight is 781 g/mol. The van der Waals surface area contributed by atoms with Gasteiger partial charge in [-0.3, -0.25) is 0 Å². The van der Waals surface area contributed by atoms with Gasteiger partial charge in [0.2, 0.25) is 30.1 Å². The fraction of sp³-hybridized carbons (Fsp3) is 0.0909. The molecule has 0 spiro atoms. The first kappa shape index (κ1) is 36.8. The lowest BCUT2D eigenvalue weighted by Crippen LogP contribution is -2.30. The molecule has 0 unspecified atom stereocenters. The molecule has 0 fully saturated rings. The lowest BCUT2D eigenvalue weighted by molar-refractivity contribution is 0.394. The summed E-state index contributed by atoms with van der Waals surface area (Å²) in [6.45, 7) is -0.496. The van der Waals surface area contributed by atoms with Crippen LogP contribution in [0.1, 0.15) is 16.7 Å². The van der Waals surface area contributed by atoms with E-state index in [4.69, 9.17) is 39.9 Å². The van der Waals surface area contributed by atoms with Crippen LogP contribution in [-0.2, 0) is 49.7 Å². The van der Waals surface area contributed by atoms with Crippen LogP contribution in [0.25, 0.3) is 11.1 Å². The van der Waals surface area contributed by atoms with Gasteiger partial charge in [-0.25, -0.2) is 35.1 Å². The summed E-state index contributed by atoms with van der Waals surface area (Å²) in [5, 5.41) is 15.4. The highest BCUT2D eigenvalue weighted by Gasteiger charge is 2.30. The van der Waals surface area contributed by atoms with Gasteiger partial charge in [0.25, 0.3) is 0 Å². The van der Waals surface area contributed by atoms with E-state index < -0.39 is 45.6 Å². The maximum atomic E-state index is 14.1. The Labute approximate surface area is 299 Å². The highest BCUT2D eigenvalue weighted by molar-refractivity contribution is 7.90. The number of hydrogen-bond donors (Lipinski definition) is 3. The van der Waals surface area contributed by atoms with Crippen LogP contribution >= 0.6 is 34.8 Å². The van der Waals surface area contributed by atoms with Crippen molar-refractivity contribution in [1.29, 1.82) is 0 Å². The molecule has 0 saturated carbocycles. The Balaban J connectivity index is 1.43. The van der Waals surface area contributed by atoms with Gasteiger partial charge in [-0.1, -0.05) is 114 Å². The Morgan fingerprint density at radius 3 is 1.94 bits per heavy atom. The Bertz CT molecular complexity index is 2340. The molecule has 16 heteroatoms. The summed E-state index contributed by atoms with van der Waals surface area (Å²) >= 11 is 18.1. The fourth-order valence-electron chi connectivity index (χ4n) is 4.91. The van der Waals surface area contributed by atoms with E-state index in [1.54, 1.807) is 36.4 Å². The fourth-order valence-corrected chi connectivity index (χ4v) is 9.26. The van der Waals surface area contributed by atoms with Gasteiger partial charge in [0.15, 0.2) is 5.75 Å². The first-order valence-corrected chi connectivity index (χ1v) is 19.9. The molecule has 256 valence electrons. The van der Waals surface area contributed by atoms with Crippen molar-refractivity contribution in [2.45, 2.75) is 34.3 Å².